The van der Waals surface area contributed by atoms with Gasteiger partial charge in [-0.05, 0) is 18.4 Å². The highest BCUT2D eigenvalue weighted by molar-refractivity contribution is 7.12. The van der Waals surface area contributed by atoms with E-state index in [1.165, 1.54) is 32.1 Å². The molecule has 0 amide bonds. The minimum absolute atomic E-state index is 0.123. The quantitative estimate of drug-likeness (QED) is 0.442. The molecule has 1 rings (SSSR count). The maximum atomic E-state index is 10.6. The van der Waals surface area contributed by atoms with E-state index < -0.39 is 24.0 Å². The third-order valence-corrected chi connectivity index (χ3v) is 3.12. The second-order valence-corrected chi connectivity index (χ2v) is 5.32. The molecule has 0 saturated carbocycles. The van der Waals surface area contributed by atoms with Gasteiger partial charge in [-0.2, -0.15) is 0 Å². The Balaban J connectivity index is 0.000000502. The highest BCUT2D eigenvalue weighted by Gasteiger charge is 2.15. The Hall–Kier alpha value is -2.22. The molecule has 0 atom stereocenters. The van der Waals surface area contributed by atoms with Crippen molar-refractivity contribution >= 4 is 35.0 Å². The Morgan fingerprint density at radius 1 is 0.957 bits per heavy atom. The van der Waals surface area contributed by atoms with Crippen LogP contribution in [0.5, 0.6) is 0 Å². The SMILES string of the molecule is CC(=O)OCC(COC(C)=O)OC(C)=O.CC(=O)c1cccs1. The number of carbonyl (C=O) groups is 4. The third-order valence-electron chi connectivity index (χ3n) is 2.15. The van der Waals surface area contributed by atoms with E-state index in [2.05, 4.69) is 9.47 Å². The van der Waals surface area contributed by atoms with Gasteiger partial charge in [0.2, 0.25) is 0 Å². The molecule has 0 unspecified atom stereocenters. The van der Waals surface area contributed by atoms with Gasteiger partial charge in [-0.25, -0.2) is 0 Å². The number of thiophene rings is 1. The first-order valence-corrected chi connectivity index (χ1v) is 7.58. The molecule has 0 aliphatic heterocycles. The van der Waals surface area contributed by atoms with Gasteiger partial charge in [0.15, 0.2) is 11.9 Å². The molecule has 0 radical (unpaired) electrons. The van der Waals surface area contributed by atoms with Crippen molar-refractivity contribution < 1.29 is 33.4 Å². The van der Waals surface area contributed by atoms with Crippen LogP contribution in [0.2, 0.25) is 0 Å². The van der Waals surface area contributed by atoms with Crippen LogP contribution in [-0.2, 0) is 28.6 Å². The van der Waals surface area contributed by atoms with Crippen LogP contribution >= 0.6 is 11.3 Å². The number of hydrogen-bond acceptors (Lipinski definition) is 8. The molecule has 1 aromatic heterocycles. The normalized spacial score (nSPS) is 9.43. The third kappa shape index (κ3) is 12.0. The first-order chi connectivity index (χ1) is 10.7. The number of esters is 3. The lowest BCUT2D eigenvalue weighted by atomic mass is 10.4. The number of carbonyl (C=O) groups excluding carboxylic acids is 4. The van der Waals surface area contributed by atoms with Crippen LogP contribution in [0.3, 0.4) is 0 Å². The van der Waals surface area contributed by atoms with Crippen molar-refractivity contribution in [1.29, 1.82) is 0 Å². The maximum absolute atomic E-state index is 10.6. The van der Waals surface area contributed by atoms with Gasteiger partial charge < -0.3 is 14.2 Å². The molecule has 128 valence electrons. The van der Waals surface area contributed by atoms with Crippen LogP contribution in [0.25, 0.3) is 0 Å². The first kappa shape index (κ1) is 20.8. The zero-order chi connectivity index (χ0) is 17.8. The summed E-state index contributed by atoms with van der Waals surface area (Å²) in [5.41, 5.74) is 0. The fraction of sp³-hybridized carbons (Fsp3) is 0.467. The van der Waals surface area contributed by atoms with E-state index in [9.17, 15) is 19.2 Å². The van der Waals surface area contributed by atoms with Crippen LogP contribution in [0, 0.1) is 0 Å². The highest BCUT2D eigenvalue weighted by atomic mass is 32.1. The van der Waals surface area contributed by atoms with Crippen molar-refractivity contribution in [3.8, 4) is 0 Å². The van der Waals surface area contributed by atoms with E-state index in [0.717, 1.165) is 4.88 Å². The fourth-order valence-corrected chi connectivity index (χ4v) is 1.88. The molecule has 8 heteroatoms. The Morgan fingerprint density at radius 3 is 1.74 bits per heavy atom. The molecule has 0 aliphatic carbocycles. The molecular formula is C15H20O7S. The largest absolute Gasteiger partial charge is 0.462 e. The van der Waals surface area contributed by atoms with Crippen molar-refractivity contribution in [3.05, 3.63) is 22.4 Å². The van der Waals surface area contributed by atoms with Crippen LogP contribution in [-0.4, -0.2) is 43.0 Å². The molecule has 0 spiro atoms. The van der Waals surface area contributed by atoms with Gasteiger partial charge >= 0.3 is 17.9 Å². The molecule has 1 aromatic rings. The van der Waals surface area contributed by atoms with Gasteiger partial charge in [-0.3, -0.25) is 19.2 Å². The molecule has 0 bridgehead atoms. The molecule has 0 aliphatic rings. The van der Waals surface area contributed by atoms with E-state index in [-0.39, 0.29) is 19.0 Å². The molecule has 0 N–H and O–H groups in total. The molecule has 0 aromatic carbocycles. The molecule has 23 heavy (non-hydrogen) atoms. The van der Waals surface area contributed by atoms with Crippen molar-refractivity contribution in [3.63, 3.8) is 0 Å². The predicted octanol–water partition coefficient (Wildman–Crippen LogP) is 1.99. The van der Waals surface area contributed by atoms with Gasteiger partial charge in [0.1, 0.15) is 13.2 Å². The number of Topliss-reactive ketones (excluding diaryl/α,β-unsaturated/α-hetero) is 1. The van der Waals surface area contributed by atoms with Crippen LogP contribution < -0.4 is 0 Å². The van der Waals surface area contributed by atoms with Crippen molar-refractivity contribution in [2.75, 3.05) is 13.2 Å². The van der Waals surface area contributed by atoms with Gasteiger partial charge in [-0.1, -0.05) is 6.07 Å². The summed E-state index contributed by atoms with van der Waals surface area (Å²) in [6.45, 7) is 5.01. The topological polar surface area (TPSA) is 96.0 Å². The standard InChI is InChI=1S/C9H14O6.C6H6OS/c1-6(10)13-4-9(15-8(3)12)5-14-7(2)11;1-5(7)6-3-2-4-8-6/h9H,4-5H2,1-3H3;2-4H,1H3. The van der Waals surface area contributed by atoms with E-state index in [1.807, 2.05) is 17.5 Å². The molecule has 1 heterocycles. The monoisotopic (exact) mass is 344 g/mol. The number of rotatable bonds is 6. The Bertz CT molecular complexity index is 504. The Kier molecular flexibility index (Phi) is 10.3. The van der Waals surface area contributed by atoms with Gasteiger partial charge in [0.25, 0.3) is 0 Å². The maximum Gasteiger partial charge on any atom is 0.303 e. The average Bonchev–Trinajstić information content (AvgIpc) is 2.96. The second-order valence-electron chi connectivity index (χ2n) is 4.37. The Morgan fingerprint density at radius 2 is 1.48 bits per heavy atom. The lowest BCUT2D eigenvalue weighted by molar-refractivity contribution is -0.163. The number of ketones is 1. The van der Waals surface area contributed by atoms with E-state index in [1.54, 1.807) is 6.92 Å². The summed E-state index contributed by atoms with van der Waals surface area (Å²) < 4.78 is 14.0. The number of ether oxygens (including phenoxy) is 3. The van der Waals surface area contributed by atoms with Gasteiger partial charge in [-0.15, -0.1) is 11.3 Å². The lowest BCUT2D eigenvalue weighted by Gasteiger charge is -2.15. The number of hydrogen-bond donors (Lipinski definition) is 0. The summed E-state index contributed by atoms with van der Waals surface area (Å²) in [5, 5.41) is 1.90. The summed E-state index contributed by atoms with van der Waals surface area (Å²) in [6, 6.07) is 3.70. The predicted molar refractivity (Wildman–Crippen MR) is 83.1 cm³/mol. The van der Waals surface area contributed by atoms with Crippen LogP contribution in [0.15, 0.2) is 17.5 Å². The zero-order valence-corrected chi connectivity index (χ0v) is 14.3. The van der Waals surface area contributed by atoms with Gasteiger partial charge in [0, 0.05) is 20.8 Å². The van der Waals surface area contributed by atoms with E-state index in [0.29, 0.717) is 0 Å². The summed E-state index contributed by atoms with van der Waals surface area (Å²) in [5.74, 6) is -1.36. The zero-order valence-electron chi connectivity index (χ0n) is 13.5. The highest BCUT2D eigenvalue weighted by Crippen LogP contribution is 2.07. The Labute approximate surface area is 138 Å². The minimum atomic E-state index is -0.754. The second kappa shape index (κ2) is 11.4. The molecular weight excluding hydrogens is 324 g/mol. The van der Waals surface area contributed by atoms with Crippen LogP contribution in [0.1, 0.15) is 37.4 Å². The summed E-state index contributed by atoms with van der Waals surface area (Å²) in [6.07, 6.45) is -0.754. The van der Waals surface area contributed by atoms with Crippen molar-refractivity contribution in [2.24, 2.45) is 0 Å². The van der Waals surface area contributed by atoms with Gasteiger partial charge in [0.05, 0.1) is 4.88 Å². The smallest absolute Gasteiger partial charge is 0.303 e. The molecule has 7 nitrogen and oxygen atoms in total. The van der Waals surface area contributed by atoms with Crippen molar-refractivity contribution in [1.82, 2.24) is 0 Å². The summed E-state index contributed by atoms with van der Waals surface area (Å²) in [4.78, 5) is 43.0. The lowest BCUT2D eigenvalue weighted by Crippen LogP contribution is -2.29. The summed E-state index contributed by atoms with van der Waals surface area (Å²) >= 11 is 1.48. The molecule has 0 saturated heterocycles. The molecule has 0 fully saturated rings. The van der Waals surface area contributed by atoms with Crippen molar-refractivity contribution in [2.45, 2.75) is 33.8 Å². The summed E-state index contributed by atoms with van der Waals surface area (Å²) in [7, 11) is 0. The minimum Gasteiger partial charge on any atom is -0.462 e. The van der Waals surface area contributed by atoms with E-state index in [4.69, 9.17) is 4.74 Å². The fourth-order valence-electron chi connectivity index (χ4n) is 1.25. The van der Waals surface area contributed by atoms with Crippen LogP contribution in [0.4, 0.5) is 0 Å². The average molecular weight is 344 g/mol. The first-order valence-electron chi connectivity index (χ1n) is 6.70. The van der Waals surface area contributed by atoms with E-state index >= 15 is 0 Å².